The maximum atomic E-state index is 13.1. The highest BCUT2D eigenvalue weighted by molar-refractivity contribution is 9.10. The first-order chi connectivity index (χ1) is 18.0. The van der Waals surface area contributed by atoms with Gasteiger partial charge in [-0.1, -0.05) is 58.4 Å². The van der Waals surface area contributed by atoms with E-state index in [1.165, 1.54) is 0 Å². The molecule has 2 amide bonds. The second kappa shape index (κ2) is 12.8. The van der Waals surface area contributed by atoms with Crippen molar-refractivity contribution in [3.63, 3.8) is 0 Å². The van der Waals surface area contributed by atoms with Crippen LogP contribution in [-0.4, -0.2) is 23.5 Å². The summed E-state index contributed by atoms with van der Waals surface area (Å²) in [5, 5.41) is 8.47. The van der Waals surface area contributed by atoms with Crippen LogP contribution in [0.2, 0.25) is 0 Å². The van der Waals surface area contributed by atoms with Crippen LogP contribution >= 0.6 is 28.1 Å². The zero-order chi connectivity index (χ0) is 26.0. The van der Waals surface area contributed by atoms with Crippen LogP contribution in [0.15, 0.2) is 100 Å². The van der Waals surface area contributed by atoms with Crippen molar-refractivity contribution in [3.8, 4) is 5.75 Å². The number of amides is 2. The van der Waals surface area contributed by atoms with Crippen LogP contribution in [-0.2, 0) is 13.0 Å². The van der Waals surface area contributed by atoms with Gasteiger partial charge in [0, 0.05) is 10.9 Å². The number of thiocarbonyl (C=S) groups is 1. The lowest BCUT2D eigenvalue weighted by molar-refractivity contribution is 0.0947. The summed E-state index contributed by atoms with van der Waals surface area (Å²) < 4.78 is 11.9. The van der Waals surface area contributed by atoms with E-state index in [4.69, 9.17) is 21.4 Å². The van der Waals surface area contributed by atoms with Crippen molar-refractivity contribution in [2.45, 2.75) is 13.0 Å². The van der Waals surface area contributed by atoms with E-state index in [9.17, 15) is 9.59 Å². The lowest BCUT2D eigenvalue weighted by Crippen LogP contribution is -2.35. The number of furan rings is 1. The van der Waals surface area contributed by atoms with E-state index < -0.39 is 5.91 Å². The SMILES string of the molecule is O=C(NCc1ccco1)c1ccccc1NC(=S)NC(=O)c1cc(Br)ccc1OCCc1ccccc1. The zero-order valence-electron chi connectivity index (χ0n) is 19.7. The normalized spacial score (nSPS) is 10.4. The first-order valence-electron chi connectivity index (χ1n) is 11.5. The number of hydrogen-bond donors (Lipinski definition) is 3. The van der Waals surface area contributed by atoms with Gasteiger partial charge in [-0.15, -0.1) is 0 Å². The van der Waals surface area contributed by atoms with Crippen LogP contribution in [0.1, 0.15) is 32.0 Å². The highest BCUT2D eigenvalue weighted by atomic mass is 79.9. The van der Waals surface area contributed by atoms with Gasteiger partial charge in [-0.25, -0.2) is 0 Å². The molecule has 0 aliphatic carbocycles. The number of benzene rings is 3. The molecule has 0 radical (unpaired) electrons. The fraction of sp³-hybridized carbons (Fsp3) is 0.107. The van der Waals surface area contributed by atoms with Gasteiger partial charge in [-0.3, -0.25) is 14.9 Å². The molecule has 0 aliphatic heterocycles. The van der Waals surface area contributed by atoms with Crippen molar-refractivity contribution in [1.82, 2.24) is 10.6 Å². The van der Waals surface area contributed by atoms with Crippen LogP contribution in [0.3, 0.4) is 0 Å². The molecule has 1 aromatic heterocycles. The second-order valence-corrected chi connectivity index (χ2v) is 9.26. The topological polar surface area (TPSA) is 92.6 Å². The van der Waals surface area contributed by atoms with Gasteiger partial charge in [0.2, 0.25) is 0 Å². The molecule has 37 heavy (non-hydrogen) atoms. The van der Waals surface area contributed by atoms with E-state index in [0.717, 1.165) is 10.0 Å². The summed E-state index contributed by atoms with van der Waals surface area (Å²) in [6.45, 7) is 0.659. The molecule has 1 heterocycles. The molecule has 0 saturated heterocycles. The van der Waals surface area contributed by atoms with Gasteiger partial charge in [-0.05, 0) is 60.2 Å². The Morgan fingerprint density at radius 2 is 1.68 bits per heavy atom. The molecule has 0 atom stereocenters. The number of hydrogen-bond acceptors (Lipinski definition) is 5. The number of carbonyl (C=O) groups is 2. The van der Waals surface area contributed by atoms with E-state index in [-0.39, 0.29) is 17.6 Å². The second-order valence-electron chi connectivity index (χ2n) is 7.94. The summed E-state index contributed by atoms with van der Waals surface area (Å²) in [6.07, 6.45) is 2.25. The minimum atomic E-state index is -0.437. The quantitative estimate of drug-likeness (QED) is 0.220. The van der Waals surface area contributed by atoms with Crippen LogP contribution in [0.25, 0.3) is 0 Å². The summed E-state index contributed by atoms with van der Waals surface area (Å²) in [7, 11) is 0. The average molecular weight is 578 g/mol. The van der Waals surface area contributed by atoms with E-state index in [2.05, 4.69) is 31.9 Å². The van der Waals surface area contributed by atoms with Gasteiger partial charge < -0.3 is 19.8 Å². The smallest absolute Gasteiger partial charge is 0.261 e. The van der Waals surface area contributed by atoms with Crippen molar-refractivity contribution in [2.75, 3.05) is 11.9 Å². The highest BCUT2D eigenvalue weighted by Crippen LogP contribution is 2.24. The van der Waals surface area contributed by atoms with Crippen LogP contribution in [0, 0.1) is 0 Å². The fourth-order valence-corrected chi connectivity index (χ4v) is 4.08. The molecule has 4 aromatic rings. The van der Waals surface area contributed by atoms with E-state index in [1.807, 2.05) is 36.4 Å². The first-order valence-corrected chi connectivity index (χ1v) is 12.7. The standard InChI is InChI=1S/C28H24BrN3O4S/c29-20-12-13-25(36-16-14-19-7-2-1-3-8-19)23(17-20)27(34)32-28(37)31-24-11-5-4-10-22(24)26(33)30-18-21-9-6-15-35-21/h1-13,15,17H,14,16,18H2,(H,30,33)(H2,31,32,34,37). The van der Waals surface area contributed by atoms with E-state index in [0.29, 0.717) is 41.4 Å². The van der Waals surface area contributed by atoms with Crippen molar-refractivity contribution in [2.24, 2.45) is 0 Å². The Balaban J connectivity index is 1.38. The lowest BCUT2D eigenvalue weighted by Gasteiger charge is -2.15. The monoisotopic (exact) mass is 577 g/mol. The predicted molar refractivity (Wildman–Crippen MR) is 150 cm³/mol. The zero-order valence-corrected chi connectivity index (χ0v) is 22.1. The van der Waals surface area contributed by atoms with Crippen molar-refractivity contribution < 1.29 is 18.7 Å². The van der Waals surface area contributed by atoms with Gasteiger partial charge >= 0.3 is 0 Å². The molecule has 0 spiro atoms. The summed E-state index contributed by atoms with van der Waals surface area (Å²) in [5.41, 5.74) is 2.30. The van der Waals surface area contributed by atoms with E-state index in [1.54, 1.807) is 54.8 Å². The predicted octanol–water partition coefficient (Wildman–Crippen LogP) is 5.72. The molecule has 0 unspecified atom stereocenters. The van der Waals surface area contributed by atoms with Crippen LogP contribution < -0.4 is 20.7 Å². The number of rotatable bonds is 9. The highest BCUT2D eigenvalue weighted by Gasteiger charge is 2.17. The Morgan fingerprint density at radius 3 is 2.46 bits per heavy atom. The fourth-order valence-electron chi connectivity index (χ4n) is 3.52. The Bertz CT molecular complexity index is 1380. The molecular weight excluding hydrogens is 554 g/mol. The molecular formula is C28H24BrN3O4S. The Labute approximate surface area is 228 Å². The van der Waals surface area contributed by atoms with Crippen molar-refractivity contribution >= 4 is 50.8 Å². The molecule has 3 N–H and O–H groups in total. The number of carbonyl (C=O) groups excluding carboxylic acids is 2. The van der Waals surface area contributed by atoms with Gasteiger partial charge in [0.15, 0.2) is 5.11 Å². The molecule has 188 valence electrons. The van der Waals surface area contributed by atoms with Crippen LogP contribution in [0.4, 0.5) is 5.69 Å². The summed E-state index contributed by atoms with van der Waals surface area (Å²) in [4.78, 5) is 25.8. The Hall–Kier alpha value is -3.95. The molecule has 7 nitrogen and oxygen atoms in total. The van der Waals surface area contributed by atoms with Gasteiger partial charge in [0.25, 0.3) is 11.8 Å². The lowest BCUT2D eigenvalue weighted by atomic mass is 10.1. The van der Waals surface area contributed by atoms with E-state index >= 15 is 0 Å². The summed E-state index contributed by atoms with van der Waals surface area (Å²) in [5.74, 6) is 0.331. The Morgan fingerprint density at radius 1 is 0.892 bits per heavy atom. The van der Waals surface area contributed by atoms with Gasteiger partial charge in [-0.2, -0.15) is 0 Å². The maximum Gasteiger partial charge on any atom is 0.261 e. The first kappa shape index (κ1) is 26.1. The molecule has 0 fully saturated rings. The van der Waals surface area contributed by atoms with Crippen molar-refractivity contribution in [1.29, 1.82) is 0 Å². The largest absolute Gasteiger partial charge is 0.492 e. The average Bonchev–Trinajstić information content (AvgIpc) is 3.43. The molecule has 3 aromatic carbocycles. The number of nitrogens with one attached hydrogen (secondary N) is 3. The summed E-state index contributed by atoms with van der Waals surface area (Å²) in [6, 6.07) is 25.6. The van der Waals surface area contributed by atoms with Gasteiger partial charge in [0.05, 0.1) is 36.2 Å². The number of para-hydroxylation sites is 1. The number of anilines is 1. The minimum absolute atomic E-state index is 0.0477. The molecule has 0 bridgehead atoms. The van der Waals surface area contributed by atoms with Gasteiger partial charge in [0.1, 0.15) is 11.5 Å². The summed E-state index contributed by atoms with van der Waals surface area (Å²) >= 11 is 8.78. The van der Waals surface area contributed by atoms with Crippen molar-refractivity contribution in [3.05, 3.63) is 118 Å². The molecule has 0 saturated carbocycles. The Kier molecular flexibility index (Phi) is 9.07. The number of halogens is 1. The third-order valence-corrected chi connectivity index (χ3v) is 6.02. The van der Waals surface area contributed by atoms with Crippen LogP contribution in [0.5, 0.6) is 5.75 Å². The molecule has 9 heteroatoms. The molecule has 0 aliphatic rings. The maximum absolute atomic E-state index is 13.1. The third-order valence-electron chi connectivity index (χ3n) is 5.33. The minimum Gasteiger partial charge on any atom is -0.492 e. The molecule has 4 rings (SSSR count). The third kappa shape index (κ3) is 7.52. The number of ether oxygens (including phenoxy) is 1.